The average Bonchev–Trinajstić information content (AvgIpc) is 2.61. The highest BCUT2D eigenvalue weighted by molar-refractivity contribution is 6.31. The van der Waals surface area contributed by atoms with Gasteiger partial charge in [0.1, 0.15) is 40.5 Å². The van der Waals surface area contributed by atoms with Crippen LogP contribution in [-0.4, -0.2) is 15.9 Å². The summed E-state index contributed by atoms with van der Waals surface area (Å²) in [6.07, 6.45) is 0. The lowest BCUT2D eigenvalue weighted by atomic mass is 10.2. The van der Waals surface area contributed by atoms with Crippen LogP contribution in [0.15, 0.2) is 42.5 Å². The maximum atomic E-state index is 13.8. The molecule has 0 aliphatic heterocycles. The number of para-hydroxylation sites is 1. The molecule has 3 rings (SSSR count). The molecular weight excluding hydrogens is 381 g/mol. The van der Waals surface area contributed by atoms with Crippen LogP contribution in [-0.2, 0) is 0 Å². The number of aromatic nitrogens is 2. The first-order chi connectivity index (χ1) is 12.8. The van der Waals surface area contributed by atoms with Crippen LogP contribution >= 0.6 is 11.6 Å². The number of halogens is 4. The highest BCUT2D eigenvalue weighted by atomic mass is 35.5. The van der Waals surface area contributed by atoms with E-state index in [-0.39, 0.29) is 28.0 Å². The Morgan fingerprint density at radius 2 is 1.70 bits per heavy atom. The Morgan fingerprint density at radius 3 is 2.37 bits per heavy atom. The van der Waals surface area contributed by atoms with Gasteiger partial charge in [-0.25, -0.2) is 23.1 Å². The van der Waals surface area contributed by atoms with Gasteiger partial charge in [-0.2, -0.15) is 0 Å². The number of benzene rings is 2. The van der Waals surface area contributed by atoms with E-state index < -0.39 is 29.0 Å². The van der Waals surface area contributed by atoms with Gasteiger partial charge in [0.05, 0.1) is 5.02 Å². The molecule has 5 nitrogen and oxygen atoms in total. The van der Waals surface area contributed by atoms with Crippen LogP contribution in [0, 0.1) is 24.4 Å². The van der Waals surface area contributed by atoms with E-state index in [1.807, 2.05) is 0 Å². The first-order valence-electron chi connectivity index (χ1n) is 7.66. The predicted octanol–water partition coefficient (Wildman–Crippen LogP) is 4.85. The Morgan fingerprint density at radius 1 is 1.00 bits per heavy atom. The second kappa shape index (κ2) is 7.63. The zero-order chi connectivity index (χ0) is 19.6. The fourth-order valence-corrected chi connectivity index (χ4v) is 2.44. The lowest BCUT2D eigenvalue weighted by Crippen LogP contribution is -2.15. The first kappa shape index (κ1) is 18.7. The Hall–Kier alpha value is -3.13. The minimum absolute atomic E-state index is 0.0359. The second-order valence-corrected chi connectivity index (χ2v) is 5.90. The number of hydrogen-bond donors (Lipinski definition) is 2. The number of nitrogens with one attached hydrogen (secondary N) is 2. The summed E-state index contributed by atoms with van der Waals surface area (Å²) in [5.41, 5.74) is -0.188. The summed E-state index contributed by atoms with van der Waals surface area (Å²) < 4.78 is 40.8. The number of amides is 1. The van der Waals surface area contributed by atoms with Gasteiger partial charge in [-0.15, -0.1) is 0 Å². The highest BCUT2D eigenvalue weighted by Crippen LogP contribution is 2.23. The molecule has 0 unspecified atom stereocenters. The number of hydrogen-bond acceptors (Lipinski definition) is 4. The SMILES string of the molecule is Cc1nc(Nc2c(F)cccc2F)cc(C(=O)Nc2ccc(F)c(Cl)c2)n1. The van der Waals surface area contributed by atoms with Gasteiger partial charge in [0.2, 0.25) is 0 Å². The monoisotopic (exact) mass is 392 g/mol. The van der Waals surface area contributed by atoms with E-state index in [2.05, 4.69) is 20.6 Å². The number of anilines is 3. The van der Waals surface area contributed by atoms with Crippen molar-refractivity contribution in [1.82, 2.24) is 9.97 Å². The third-order valence-corrected chi connectivity index (χ3v) is 3.75. The molecule has 1 aromatic heterocycles. The maximum absolute atomic E-state index is 13.8. The Bertz CT molecular complexity index is 1010. The van der Waals surface area contributed by atoms with Crippen LogP contribution in [0.2, 0.25) is 5.02 Å². The van der Waals surface area contributed by atoms with Gasteiger partial charge in [0, 0.05) is 11.8 Å². The summed E-state index contributed by atoms with van der Waals surface area (Å²) in [6, 6.07) is 8.33. The van der Waals surface area contributed by atoms with E-state index in [0.717, 1.165) is 18.2 Å². The Labute approximate surface area is 157 Å². The van der Waals surface area contributed by atoms with Crippen LogP contribution in [0.5, 0.6) is 0 Å². The van der Waals surface area contributed by atoms with Crippen molar-refractivity contribution in [3.63, 3.8) is 0 Å². The van der Waals surface area contributed by atoms with Gasteiger partial charge < -0.3 is 10.6 Å². The molecule has 0 atom stereocenters. The quantitative estimate of drug-likeness (QED) is 0.666. The van der Waals surface area contributed by atoms with Gasteiger partial charge >= 0.3 is 0 Å². The summed E-state index contributed by atoms with van der Waals surface area (Å²) in [7, 11) is 0. The molecular formula is C18H12ClF3N4O. The van der Waals surface area contributed by atoms with Crippen molar-refractivity contribution < 1.29 is 18.0 Å². The van der Waals surface area contributed by atoms with Crippen molar-refractivity contribution in [3.8, 4) is 0 Å². The highest BCUT2D eigenvalue weighted by Gasteiger charge is 2.14. The molecule has 1 amide bonds. The molecule has 0 bridgehead atoms. The molecule has 0 spiro atoms. The van der Waals surface area contributed by atoms with Crippen molar-refractivity contribution in [1.29, 1.82) is 0 Å². The molecule has 27 heavy (non-hydrogen) atoms. The van der Waals surface area contributed by atoms with Crippen LogP contribution in [0.3, 0.4) is 0 Å². The molecule has 3 aromatic rings. The van der Waals surface area contributed by atoms with E-state index >= 15 is 0 Å². The van der Waals surface area contributed by atoms with Crippen molar-refractivity contribution in [2.45, 2.75) is 6.92 Å². The molecule has 0 saturated heterocycles. The maximum Gasteiger partial charge on any atom is 0.274 e. The third-order valence-electron chi connectivity index (χ3n) is 3.46. The number of carbonyl (C=O) groups is 1. The van der Waals surface area contributed by atoms with Crippen molar-refractivity contribution in [2.24, 2.45) is 0 Å². The summed E-state index contributed by atoms with van der Waals surface area (Å²) >= 11 is 5.68. The van der Waals surface area contributed by atoms with Crippen LogP contribution in [0.25, 0.3) is 0 Å². The summed E-state index contributed by atoms with van der Waals surface area (Å²) in [4.78, 5) is 20.4. The Kier molecular flexibility index (Phi) is 5.27. The summed E-state index contributed by atoms with van der Waals surface area (Å²) in [6.45, 7) is 1.52. The van der Waals surface area contributed by atoms with E-state index in [1.165, 1.54) is 31.2 Å². The minimum Gasteiger partial charge on any atom is -0.335 e. The number of carbonyl (C=O) groups excluding carboxylic acids is 1. The van der Waals surface area contributed by atoms with E-state index in [0.29, 0.717) is 0 Å². The zero-order valence-corrected chi connectivity index (χ0v) is 14.6. The fourth-order valence-electron chi connectivity index (χ4n) is 2.26. The fraction of sp³-hybridized carbons (Fsp3) is 0.0556. The lowest BCUT2D eigenvalue weighted by molar-refractivity contribution is 0.102. The molecule has 1 heterocycles. The topological polar surface area (TPSA) is 66.9 Å². The van der Waals surface area contributed by atoms with Crippen molar-refractivity contribution >= 4 is 34.7 Å². The zero-order valence-electron chi connectivity index (χ0n) is 13.9. The molecule has 0 aliphatic carbocycles. The van der Waals surface area contributed by atoms with Crippen LogP contribution in [0.4, 0.5) is 30.4 Å². The van der Waals surface area contributed by atoms with Crippen LogP contribution in [0.1, 0.15) is 16.3 Å². The normalized spacial score (nSPS) is 10.6. The summed E-state index contributed by atoms with van der Waals surface area (Å²) in [5, 5.41) is 4.87. The van der Waals surface area contributed by atoms with Gasteiger partial charge in [0.15, 0.2) is 0 Å². The molecule has 0 fully saturated rings. The first-order valence-corrected chi connectivity index (χ1v) is 8.04. The van der Waals surface area contributed by atoms with Crippen molar-refractivity contribution in [3.05, 3.63) is 76.5 Å². The van der Waals surface area contributed by atoms with E-state index in [9.17, 15) is 18.0 Å². The number of rotatable bonds is 4. The van der Waals surface area contributed by atoms with Crippen LogP contribution < -0.4 is 10.6 Å². The molecule has 0 aliphatic rings. The van der Waals surface area contributed by atoms with E-state index in [4.69, 9.17) is 11.6 Å². The lowest BCUT2D eigenvalue weighted by Gasteiger charge is -2.10. The molecule has 0 radical (unpaired) electrons. The van der Waals surface area contributed by atoms with Gasteiger partial charge in [-0.1, -0.05) is 17.7 Å². The average molecular weight is 393 g/mol. The molecule has 2 N–H and O–H groups in total. The van der Waals surface area contributed by atoms with Gasteiger partial charge in [0.25, 0.3) is 5.91 Å². The number of nitrogens with zero attached hydrogens (tertiary/aromatic N) is 2. The molecule has 2 aromatic carbocycles. The third kappa shape index (κ3) is 4.35. The molecule has 138 valence electrons. The number of aryl methyl sites for hydroxylation is 1. The van der Waals surface area contributed by atoms with Gasteiger partial charge in [-0.05, 0) is 37.3 Å². The Balaban J connectivity index is 1.86. The largest absolute Gasteiger partial charge is 0.335 e. The summed E-state index contributed by atoms with van der Waals surface area (Å²) in [5.74, 6) is -2.62. The standard InChI is InChI=1S/C18H12ClF3N4O/c1-9-23-15(18(27)25-10-5-6-12(20)11(19)7-10)8-16(24-9)26-17-13(21)3-2-4-14(17)22/h2-8H,1H3,(H,25,27)(H,23,24,26). The van der Waals surface area contributed by atoms with E-state index in [1.54, 1.807) is 0 Å². The second-order valence-electron chi connectivity index (χ2n) is 5.49. The van der Waals surface area contributed by atoms with Gasteiger partial charge in [-0.3, -0.25) is 4.79 Å². The molecule has 0 saturated carbocycles. The predicted molar refractivity (Wildman–Crippen MR) is 95.8 cm³/mol. The minimum atomic E-state index is -0.807. The smallest absolute Gasteiger partial charge is 0.274 e. The molecule has 9 heteroatoms. The van der Waals surface area contributed by atoms with Crippen molar-refractivity contribution in [2.75, 3.05) is 10.6 Å².